The first kappa shape index (κ1) is 15.8. The van der Waals surface area contributed by atoms with Crippen molar-refractivity contribution in [3.63, 3.8) is 0 Å². The van der Waals surface area contributed by atoms with Gasteiger partial charge in [-0.15, -0.1) is 0 Å². The Morgan fingerprint density at radius 1 is 1.15 bits per heavy atom. The molecule has 20 heavy (non-hydrogen) atoms. The molecule has 2 aliphatic rings. The first-order valence-corrected chi connectivity index (χ1v) is 8.16. The highest BCUT2D eigenvalue weighted by molar-refractivity contribution is 5.79. The number of nitrogens with zero attached hydrogens (tertiary/aromatic N) is 2. The lowest BCUT2D eigenvalue weighted by Crippen LogP contribution is -2.45. The number of rotatable bonds is 3. The Labute approximate surface area is 123 Å². The monoisotopic (exact) mass is 282 g/mol. The van der Waals surface area contributed by atoms with E-state index < -0.39 is 0 Å². The van der Waals surface area contributed by atoms with Gasteiger partial charge in [-0.2, -0.15) is 0 Å². The zero-order chi connectivity index (χ0) is 14.6. The van der Waals surface area contributed by atoms with Crippen LogP contribution >= 0.6 is 0 Å². The number of hydrogen-bond acceptors (Lipinski definition) is 3. The van der Waals surface area contributed by atoms with Crippen molar-refractivity contribution >= 4 is 5.91 Å². The molecule has 0 radical (unpaired) electrons. The average molecular weight is 282 g/mol. The minimum absolute atomic E-state index is 0.159. The van der Waals surface area contributed by atoms with E-state index in [0.29, 0.717) is 5.91 Å². The first-order chi connectivity index (χ1) is 9.54. The van der Waals surface area contributed by atoms with Gasteiger partial charge in [-0.1, -0.05) is 26.7 Å². The van der Waals surface area contributed by atoms with Crippen LogP contribution in [-0.4, -0.2) is 60.1 Å². The van der Waals surface area contributed by atoms with Crippen molar-refractivity contribution in [2.24, 2.45) is 11.3 Å². The Bertz CT molecular complexity index is 330. The Balaban J connectivity index is 1.95. The fourth-order valence-corrected chi connectivity index (χ4v) is 3.73. The zero-order valence-electron chi connectivity index (χ0n) is 13.1. The van der Waals surface area contributed by atoms with Crippen molar-refractivity contribution < 1.29 is 9.90 Å². The number of aliphatic hydroxyl groups is 1. The second-order valence-electron chi connectivity index (χ2n) is 7.03. The fourth-order valence-electron chi connectivity index (χ4n) is 3.73. The van der Waals surface area contributed by atoms with E-state index in [4.69, 9.17) is 5.11 Å². The lowest BCUT2D eigenvalue weighted by Gasteiger charge is -2.40. The van der Waals surface area contributed by atoms with Gasteiger partial charge < -0.3 is 10.0 Å². The maximum absolute atomic E-state index is 12.8. The Morgan fingerprint density at radius 3 is 2.65 bits per heavy atom. The van der Waals surface area contributed by atoms with E-state index >= 15 is 0 Å². The lowest BCUT2D eigenvalue weighted by atomic mass is 9.68. The molecule has 4 nitrogen and oxygen atoms in total. The summed E-state index contributed by atoms with van der Waals surface area (Å²) in [4.78, 5) is 17.2. The number of carbonyl (C=O) groups excluding carboxylic acids is 1. The van der Waals surface area contributed by atoms with E-state index in [-0.39, 0.29) is 17.9 Å². The van der Waals surface area contributed by atoms with Gasteiger partial charge in [0.25, 0.3) is 0 Å². The molecule has 4 heteroatoms. The van der Waals surface area contributed by atoms with Crippen molar-refractivity contribution in [3.05, 3.63) is 0 Å². The molecule has 0 aromatic carbocycles. The van der Waals surface area contributed by atoms with Crippen molar-refractivity contribution in [2.45, 2.75) is 46.0 Å². The molecule has 0 aromatic rings. The largest absolute Gasteiger partial charge is 0.395 e. The maximum Gasteiger partial charge on any atom is 0.226 e. The van der Waals surface area contributed by atoms with E-state index in [0.717, 1.165) is 45.6 Å². The van der Waals surface area contributed by atoms with Crippen molar-refractivity contribution in [1.82, 2.24) is 9.80 Å². The van der Waals surface area contributed by atoms with Gasteiger partial charge in [0.1, 0.15) is 0 Å². The highest BCUT2D eigenvalue weighted by Gasteiger charge is 2.39. The van der Waals surface area contributed by atoms with Crippen LogP contribution in [-0.2, 0) is 4.79 Å². The van der Waals surface area contributed by atoms with Crippen molar-refractivity contribution in [3.8, 4) is 0 Å². The molecule has 1 N–H and O–H groups in total. The summed E-state index contributed by atoms with van der Waals surface area (Å²) in [5.41, 5.74) is 0.159. The predicted octanol–water partition coefficient (Wildman–Crippen LogP) is 1.73. The molecule has 0 bridgehead atoms. The Morgan fingerprint density at radius 2 is 1.95 bits per heavy atom. The second-order valence-corrected chi connectivity index (χ2v) is 7.03. The number of hydrogen-bond donors (Lipinski definition) is 1. The fraction of sp³-hybridized carbons (Fsp3) is 0.938. The van der Waals surface area contributed by atoms with E-state index in [9.17, 15) is 4.79 Å². The van der Waals surface area contributed by atoms with Gasteiger partial charge in [-0.25, -0.2) is 0 Å². The van der Waals surface area contributed by atoms with Gasteiger partial charge in [0, 0.05) is 32.1 Å². The number of carbonyl (C=O) groups is 1. The molecule has 1 unspecified atom stereocenters. The molecule has 1 saturated heterocycles. The van der Waals surface area contributed by atoms with Gasteiger partial charge in [-0.3, -0.25) is 9.69 Å². The van der Waals surface area contributed by atoms with Gasteiger partial charge in [0.05, 0.1) is 6.61 Å². The molecule has 1 atom stereocenters. The molecule has 0 spiro atoms. The van der Waals surface area contributed by atoms with Gasteiger partial charge in [-0.05, 0) is 31.2 Å². The summed E-state index contributed by atoms with van der Waals surface area (Å²) in [5.74, 6) is 0.584. The van der Waals surface area contributed by atoms with Crippen molar-refractivity contribution in [2.75, 3.05) is 39.3 Å². The molecule has 116 valence electrons. The van der Waals surface area contributed by atoms with Gasteiger partial charge in [0.2, 0.25) is 5.91 Å². The Kier molecular flexibility index (Phi) is 5.44. The molecular formula is C16H30N2O2. The summed E-state index contributed by atoms with van der Waals surface area (Å²) in [7, 11) is 0. The van der Waals surface area contributed by atoms with Gasteiger partial charge >= 0.3 is 0 Å². The van der Waals surface area contributed by atoms with E-state index in [1.165, 1.54) is 19.3 Å². The lowest BCUT2D eigenvalue weighted by molar-refractivity contribution is -0.141. The van der Waals surface area contributed by atoms with Crippen LogP contribution in [0.2, 0.25) is 0 Å². The third-order valence-electron chi connectivity index (χ3n) is 5.12. The highest BCUT2D eigenvalue weighted by atomic mass is 16.3. The summed E-state index contributed by atoms with van der Waals surface area (Å²) < 4.78 is 0. The van der Waals surface area contributed by atoms with E-state index in [1.54, 1.807) is 0 Å². The van der Waals surface area contributed by atoms with Crippen LogP contribution in [0.25, 0.3) is 0 Å². The predicted molar refractivity (Wildman–Crippen MR) is 80.5 cm³/mol. The molecule has 1 amide bonds. The van der Waals surface area contributed by atoms with Crippen LogP contribution in [0.4, 0.5) is 0 Å². The van der Waals surface area contributed by atoms with E-state index in [1.807, 2.05) is 0 Å². The molecular weight excluding hydrogens is 252 g/mol. The normalized spacial score (nSPS) is 28.1. The third-order valence-corrected chi connectivity index (χ3v) is 5.12. The number of β-amino-alcohol motifs (C(OH)–C–C–N with tert-alkyl or cyclic N) is 1. The molecule has 2 rings (SSSR count). The second kappa shape index (κ2) is 6.90. The summed E-state index contributed by atoms with van der Waals surface area (Å²) in [5, 5.41) is 9.04. The van der Waals surface area contributed by atoms with Crippen LogP contribution < -0.4 is 0 Å². The average Bonchev–Trinajstić information content (AvgIpc) is 2.64. The minimum Gasteiger partial charge on any atom is -0.395 e. The van der Waals surface area contributed by atoms with Crippen LogP contribution in [0, 0.1) is 11.3 Å². The SMILES string of the molecule is CC1(C)CCCCC1C(=O)N1CCCN(CCO)CC1. The van der Waals surface area contributed by atoms with Crippen LogP contribution in [0.5, 0.6) is 0 Å². The van der Waals surface area contributed by atoms with Crippen LogP contribution in [0.15, 0.2) is 0 Å². The first-order valence-electron chi connectivity index (χ1n) is 8.16. The summed E-state index contributed by atoms with van der Waals surface area (Å²) >= 11 is 0. The maximum atomic E-state index is 12.8. The molecule has 1 aliphatic heterocycles. The smallest absolute Gasteiger partial charge is 0.226 e. The summed E-state index contributed by atoms with van der Waals surface area (Å²) in [6.07, 6.45) is 5.72. The third kappa shape index (κ3) is 3.73. The van der Waals surface area contributed by atoms with Gasteiger partial charge in [0.15, 0.2) is 0 Å². The standard InChI is InChI=1S/C16H30N2O2/c1-16(2)7-4-3-6-14(16)15(20)18-9-5-8-17(10-11-18)12-13-19/h14,19H,3-13H2,1-2H3. The molecule has 0 aromatic heterocycles. The van der Waals surface area contributed by atoms with E-state index in [2.05, 4.69) is 23.6 Å². The minimum atomic E-state index is 0.159. The number of aliphatic hydroxyl groups excluding tert-OH is 1. The topological polar surface area (TPSA) is 43.8 Å². The molecule has 1 aliphatic carbocycles. The highest BCUT2D eigenvalue weighted by Crippen LogP contribution is 2.41. The summed E-state index contributed by atoms with van der Waals surface area (Å²) in [6.45, 7) is 9.06. The quantitative estimate of drug-likeness (QED) is 0.857. The number of amides is 1. The van der Waals surface area contributed by atoms with Crippen LogP contribution in [0.3, 0.4) is 0 Å². The molecule has 2 fully saturated rings. The Hall–Kier alpha value is -0.610. The molecule has 1 heterocycles. The summed E-state index contributed by atoms with van der Waals surface area (Å²) in [6, 6.07) is 0. The zero-order valence-corrected chi connectivity index (χ0v) is 13.1. The van der Waals surface area contributed by atoms with Crippen LogP contribution in [0.1, 0.15) is 46.0 Å². The van der Waals surface area contributed by atoms with Crippen molar-refractivity contribution in [1.29, 1.82) is 0 Å². The molecule has 1 saturated carbocycles.